The summed E-state index contributed by atoms with van der Waals surface area (Å²) in [7, 11) is 0. The maximum absolute atomic E-state index is 12.7. The molecular formula is C13H11ClFN3O. The van der Waals surface area contributed by atoms with E-state index in [9.17, 15) is 9.18 Å². The van der Waals surface area contributed by atoms with Crippen molar-refractivity contribution in [2.75, 3.05) is 5.32 Å². The van der Waals surface area contributed by atoms with E-state index in [0.717, 1.165) is 0 Å². The highest BCUT2D eigenvalue weighted by molar-refractivity contribution is 6.29. The lowest BCUT2D eigenvalue weighted by molar-refractivity contribution is -0.115. The molecule has 1 aromatic heterocycles. The van der Waals surface area contributed by atoms with Crippen molar-refractivity contribution in [3.8, 4) is 0 Å². The summed E-state index contributed by atoms with van der Waals surface area (Å²) in [6, 6.07) is 7.32. The van der Waals surface area contributed by atoms with Gasteiger partial charge in [-0.25, -0.2) is 14.4 Å². The fraction of sp³-hybridized carbons (Fsp3) is 0.154. The fourth-order valence-corrected chi connectivity index (χ4v) is 1.78. The van der Waals surface area contributed by atoms with E-state index in [-0.39, 0.29) is 29.2 Å². The Morgan fingerprint density at radius 3 is 2.63 bits per heavy atom. The van der Waals surface area contributed by atoms with Crippen molar-refractivity contribution in [3.63, 3.8) is 0 Å². The number of nitrogens with zero attached hydrogens (tertiary/aromatic N) is 2. The summed E-state index contributed by atoms with van der Waals surface area (Å²) < 4.78 is 12.7. The molecule has 98 valence electrons. The number of aromatic nitrogens is 2. The van der Waals surface area contributed by atoms with Crippen molar-refractivity contribution in [3.05, 3.63) is 52.6 Å². The number of hydrogen-bond acceptors (Lipinski definition) is 3. The molecule has 0 bridgehead atoms. The molecule has 19 heavy (non-hydrogen) atoms. The number of aryl methyl sites for hydroxylation is 1. The van der Waals surface area contributed by atoms with Gasteiger partial charge in [-0.05, 0) is 30.7 Å². The average Bonchev–Trinajstić information content (AvgIpc) is 2.30. The molecular weight excluding hydrogens is 269 g/mol. The zero-order valence-electron chi connectivity index (χ0n) is 10.2. The van der Waals surface area contributed by atoms with Gasteiger partial charge in [-0.15, -0.1) is 0 Å². The van der Waals surface area contributed by atoms with Gasteiger partial charge >= 0.3 is 0 Å². The first-order valence-electron chi connectivity index (χ1n) is 5.58. The molecule has 0 unspecified atom stereocenters. The molecule has 6 heteroatoms. The predicted octanol–water partition coefficient (Wildman–Crippen LogP) is 2.76. The maximum Gasteiger partial charge on any atom is 0.231 e. The molecule has 0 fully saturated rings. The lowest BCUT2D eigenvalue weighted by atomic mass is 10.1. The monoisotopic (exact) mass is 279 g/mol. The molecule has 0 radical (unpaired) electrons. The van der Waals surface area contributed by atoms with E-state index in [1.54, 1.807) is 25.1 Å². The van der Waals surface area contributed by atoms with Crippen LogP contribution < -0.4 is 5.32 Å². The first-order valence-corrected chi connectivity index (χ1v) is 5.96. The zero-order chi connectivity index (χ0) is 13.8. The molecule has 0 saturated heterocycles. The Morgan fingerprint density at radius 2 is 2.00 bits per heavy atom. The van der Waals surface area contributed by atoms with Gasteiger partial charge < -0.3 is 0 Å². The maximum atomic E-state index is 12.7. The van der Waals surface area contributed by atoms with Gasteiger partial charge in [-0.1, -0.05) is 23.7 Å². The third kappa shape index (κ3) is 3.99. The number of hydrogen-bond donors (Lipinski definition) is 1. The van der Waals surface area contributed by atoms with Gasteiger partial charge in [-0.2, -0.15) is 0 Å². The second-order valence-corrected chi connectivity index (χ2v) is 4.39. The van der Waals surface area contributed by atoms with Crippen LogP contribution in [0.4, 0.5) is 10.3 Å². The Kier molecular flexibility index (Phi) is 4.06. The molecule has 0 aliphatic rings. The third-order valence-electron chi connectivity index (χ3n) is 2.35. The van der Waals surface area contributed by atoms with Crippen molar-refractivity contribution in [2.45, 2.75) is 13.3 Å². The number of rotatable bonds is 3. The van der Waals surface area contributed by atoms with Crippen LogP contribution in [0.25, 0.3) is 0 Å². The van der Waals surface area contributed by atoms with Gasteiger partial charge in [0.15, 0.2) is 0 Å². The van der Waals surface area contributed by atoms with Gasteiger partial charge in [0.25, 0.3) is 0 Å². The molecule has 0 aliphatic heterocycles. The summed E-state index contributed by atoms with van der Waals surface area (Å²) in [6.45, 7) is 1.75. The van der Waals surface area contributed by atoms with Crippen LogP contribution in [0.1, 0.15) is 11.3 Å². The molecule has 4 nitrogen and oxygen atoms in total. The second-order valence-electron chi connectivity index (χ2n) is 4.01. The van der Waals surface area contributed by atoms with E-state index in [1.165, 1.54) is 12.1 Å². The Labute approximate surface area is 114 Å². The van der Waals surface area contributed by atoms with Crippen molar-refractivity contribution in [2.24, 2.45) is 0 Å². The number of anilines is 1. The van der Waals surface area contributed by atoms with Crippen LogP contribution in [-0.2, 0) is 11.2 Å². The van der Waals surface area contributed by atoms with Crippen molar-refractivity contribution in [1.82, 2.24) is 9.97 Å². The fourth-order valence-electron chi connectivity index (χ4n) is 1.54. The quantitative estimate of drug-likeness (QED) is 0.879. The summed E-state index contributed by atoms with van der Waals surface area (Å²) in [4.78, 5) is 19.7. The van der Waals surface area contributed by atoms with Gasteiger partial charge in [0.05, 0.1) is 6.42 Å². The van der Waals surface area contributed by atoms with Crippen LogP contribution in [0.5, 0.6) is 0 Å². The minimum atomic E-state index is -0.335. The van der Waals surface area contributed by atoms with Crippen molar-refractivity contribution in [1.29, 1.82) is 0 Å². The smallest absolute Gasteiger partial charge is 0.231 e. The average molecular weight is 280 g/mol. The Morgan fingerprint density at radius 1 is 1.32 bits per heavy atom. The number of nitrogens with one attached hydrogen (secondary N) is 1. The number of carbonyl (C=O) groups excluding carboxylic acids is 1. The molecule has 2 rings (SSSR count). The molecule has 0 saturated carbocycles. The lowest BCUT2D eigenvalue weighted by Gasteiger charge is -2.05. The SMILES string of the molecule is Cc1cc(Cl)nc(NC(=O)Cc2ccc(F)cc2)n1. The van der Waals surface area contributed by atoms with Gasteiger partial charge in [-0.3, -0.25) is 10.1 Å². The van der Waals surface area contributed by atoms with E-state index in [0.29, 0.717) is 11.3 Å². The van der Waals surface area contributed by atoms with Crippen LogP contribution in [-0.4, -0.2) is 15.9 Å². The first-order chi connectivity index (χ1) is 9.02. The van der Waals surface area contributed by atoms with E-state index < -0.39 is 0 Å². The van der Waals surface area contributed by atoms with E-state index in [1.807, 2.05) is 0 Å². The molecule has 2 aromatic rings. The van der Waals surface area contributed by atoms with Gasteiger partial charge in [0.1, 0.15) is 11.0 Å². The number of benzene rings is 1. The Bertz CT molecular complexity index is 581. The number of amides is 1. The molecule has 1 N–H and O–H groups in total. The third-order valence-corrected chi connectivity index (χ3v) is 2.55. The second kappa shape index (κ2) is 5.75. The highest BCUT2D eigenvalue weighted by Crippen LogP contribution is 2.10. The largest absolute Gasteiger partial charge is 0.294 e. The highest BCUT2D eigenvalue weighted by Gasteiger charge is 2.07. The van der Waals surface area contributed by atoms with E-state index in [4.69, 9.17) is 11.6 Å². The standard InChI is InChI=1S/C13H11ClFN3O/c1-8-6-11(14)17-13(16-8)18-12(19)7-9-2-4-10(15)5-3-9/h2-6H,7H2,1H3,(H,16,17,18,19). The Balaban J connectivity index is 2.03. The van der Waals surface area contributed by atoms with Gasteiger partial charge in [0.2, 0.25) is 11.9 Å². The summed E-state index contributed by atoms with van der Waals surface area (Å²) in [5, 5.41) is 2.82. The van der Waals surface area contributed by atoms with Crippen LogP contribution in [0.2, 0.25) is 5.15 Å². The van der Waals surface area contributed by atoms with E-state index >= 15 is 0 Å². The summed E-state index contributed by atoms with van der Waals surface area (Å²) in [5.74, 6) is -0.455. The molecule has 0 spiro atoms. The van der Waals surface area contributed by atoms with Crippen molar-refractivity contribution < 1.29 is 9.18 Å². The van der Waals surface area contributed by atoms with E-state index in [2.05, 4.69) is 15.3 Å². The first kappa shape index (κ1) is 13.4. The lowest BCUT2D eigenvalue weighted by Crippen LogP contribution is -2.16. The molecule has 0 aliphatic carbocycles. The molecule has 1 amide bonds. The number of carbonyl (C=O) groups is 1. The van der Waals surface area contributed by atoms with Crippen molar-refractivity contribution >= 4 is 23.5 Å². The Hall–Kier alpha value is -2.01. The summed E-state index contributed by atoms with van der Waals surface area (Å²) in [6.07, 6.45) is 0.120. The predicted molar refractivity (Wildman–Crippen MR) is 70.5 cm³/mol. The van der Waals surface area contributed by atoms with Crippen LogP contribution in [0.15, 0.2) is 30.3 Å². The zero-order valence-corrected chi connectivity index (χ0v) is 10.9. The topological polar surface area (TPSA) is 54.9 Å². The van der Waals surface area contributed by atoms with Crippen LogP contribution in [0.3, 0.4) is 0 Å². The summed E-state index contributed by atoms with van der Waals surface area (Å²) >= 11 is 5.77. The molecule has 0 atom stereocenters. The highest BCUT2D eigenvalue weighted by atomic mass is 35.5. The summed E-state index contributed by atoms with van der Waals surface area (Å²) in [5.41, 5.74) is 1.37. The molecule has 1 aromatic carbocycles. The van der Waals surface area contributed by atoms with Crippen LogP contribution >= 0.6 is 11.6 Å². The van der Waals surface area contributed by atoms with Crippen LogP contribution in [0, 0.1) is 12.7 Å². The number of halogens is 2. The van der Waals surface area contributed by atoms with Gasteiger partial charge in [0, 0.05) is 5.69 Å². The molecule has 1 heterocycles. The minimum absolute atomic E-state index is 0.120. The normalized spacial score (nSPS) is 10.3. The minimum Gasteiger partial charge on any atom is -0.294 e.